The predicted octanol–water partition coefficient (Wildman–Crippen LogP) is 0.682. The first kappa shape index (κ1) is 18.0. The van der Waals surface area contributed by atoms with E-state index in [-0.39, 0.29) is 36.2 Å². The molecule has 2 rings (SSSR count). The van der Waals surface area contributed by atoms with Gasteiger partial charge in [-0.1, -0.05) is 11.6 Å². The molecule has 2 N–H and O–H groups in total. The molecule has 128 valence electrons. The summed E-state index contributed by atoms with van der Waals surface area (Å²) in [5, 5.41) is 12.8. The Hall–Kier alpha value is -1.35. The van der Waals surface area contributed by atoms with E-state index in [2.05, 4.69) is 5.32 Å². The fourth-order valence-corrected chi connectivity index (χ4v) is 3.62. The van der Waals surface area contributed by atoms with Crippen molar-refractivity contribution in [2.45, 2.75) is 6.04 Å². The number of halogens is 1. The minimum atomic E-state index is -3.40. The zero-order valence-electron chi connectivity index (χ0n) is 12.8. The third-order valence-corrected chi connectivity index (χ3v) is 5.90. The highest BCUT2D eigenvalue weighted by atomic mass is 35.5. The van der Waals surface area contributed by atoms with Gasteiger partial charge in [-0.15, -0.1) is 0 Å². The summed E-state index contributed by atoms with van der Waals surface area (Å²) in [5.41, 5.74) is 0.0404. The molecule has 1 aliphatic heterocycles. The van der Waals surface area contributed by atoms with Crippen LogP contribution in [0.1, 0.15) is 10.4 Å². The van der Waals surface area contributed by atoms with Crippen molar-refractivity contribution in [3.05, 3.63) is 28.8 Å². The lowest BCUT2D eigenvalue weighted by molar-refractivity contribution is 0.0923. The molecule has 0 radical (unpaired) electrons. The van der Waals surface area contributed by atoms with Crippen molar-refractivity contribution >= 4 is 27.5 Å². The number of nitrogens with zero attached hydrogens (tertiary/aromatic N) is 1. The molecule has 1 heterocycles. The number of sulfonamides is 1. The lowest BCUT2D eigenvalue weighted by Gasteiger charge is -2.21. The van der Waals surface area contributed by atoms with Crippen LogP contribution in [-0.2, 0) is 14.8 Å². The van der Waals surface area contributed by atoms with E-state index in [9.17, 15) is 18.3 Å². The maximum Gasteiger partial charge on any atom is 0.255 e. The summed E-state index contributed by atoms with van der Waals surface area (Å²) in [6, 6.07) is 3.71. The highest BCUT2D eigenvalue weighted by Crippen LogP contribution is 2.23. The molecule has 0 aliphatic carbocycles. The van der Waals surface area contributed by atoms with Crippen molar-refractivity contribution in [2.24, 2.45) is 5.92 Å². The SMILES string of the molecule is CN(C)S(=O)(=O)C[C@@H]1COC[C@H]1NC(=O)c1cc(Cl)ccc1O. The molecule has 1 amide bonds. The van der Waals surface area contributed by atoms with Crippen molar-refractivity contribution < 1.29 is 23.1 Å². The highest BCUT2D eigenvalue weighted by molar-refractivity contribution is 7.89. The molecule has 1 aromatic carbocycles. The van der Waals surface area contributed by atoms with Crippen molar-refractivity contribution in [2.75, 3.05) is 33.1 Å². The molecule has 0 unspecified atom stereocenters. The van der Waals surface area contributed by atoms with Crippen molar-refractivity contribution in [3.8, 4) is 5.75 Å². The summed E-state index contributed by atoms with van der Waals surface area (Å²) < 4.78 is 30.4. The van der Waals surface area contributed by atoms with Gasteiger partial charge in [-0.05, 0) is 18.2 Å². The fourth-order valence-electron chi connectivity index (χ4n) is 2.28. The number of carbonyl (C=O) groups excluding carboxylic acids is 1. The minimum Gasteiger partial charge on any atom is -0.507 e. The van der Waals surface area contributed by atoms with Gasteiger partial charge in [0.1, 0.15) is 5.75 Å². The summed E-state index contributed by atoms with van der Waals surface area (Å²) in [6.45, 7) is 0.472. The van der Waals surface area contributed by atoms with Crippen LogP contribution >= 0.6 is 11.6 Å². The fraction of sp³-hybridized carbons (Fsp3) is 0.500. The molecule has 0 bridgehead atoms. The number of amides is 1. The number of benzene rings is 1. The largest absolute Gasteiger partial charge is 0.507 e. The summed E-state index contributed by atoms with van der Waals surface area (Å²) in [5.74, 6) is -1.18. The highest BCUT2D eigenvalue weighted by Gasteiger charge is 2.34. The first-order valence-electron chi connectivity index (χ1n) is 6.98. The van der Waals surface area contributed by atoms with Gasteiger partial charge in [0, 0.05) is 25.0 Å². The standard InChI is InChI=1S/C14H19ClN2O5S/c1-17(2)23(20,21)8-9-6-22-7-12(9)16-14(19)11-5-10(15)3-4-13(11)18/h3-5,9,12,18H,6-8H2,1-2H3,(H,16,19)/t9-,12+/m0/s1. The Kier molecular flexibility index (Phi) is 5.51. The van der Waals surface area contributed by atoms with Crippen LogP contribution in [0.2, 0.25) is 5.02 Å². The number of rotatable bonds is 5. The van der Waals surface area contributed by atoms with Crippen molar-refractivity contribution in [1.29, 1.82) is 0 Å². The first-order chi connectivity index (χ1) is 10.7. The van der Waals surface area contributed by atoms with Crippen LogP contribution < -0.4 is 5.32 Å². The van der Waals surface area contributed by atoms with Crippen molar-refractivity contribution in [1.82, 2.24) is 9.62 Å². The van der Waals surface area contributed by atoms with Crippen LogP contribution in [0, 0.1) is 5.92 Å². The van der Waals surface area contributed by atoms with Crippen LogP contribution in [0.25, 0.3) is 0 Å². The summed E-state index contributed by atoms with van der Waals surface area (Å²) >= 11 is 5.83. The first-order valence-corrected chi connectivity index (χ1v) is 8.96. The Morgan fingerprint density at radius 2 is 2.13 bits per heavy atom. The van der Waals surface area contributed by atoms with Gasteiger partial charge in [0.25, 0.3) is 5.91 Å². The second-order valence-corrected chi connectivity index (χ2v) is 8.26. The molecule has 9 heteroatoms. The zero-order valence-corrected chi connectivity index (χ0v) is 14.4. The smallest absolute Gasteiger partial charge is 0.255 e. The molecular formula is C14H19ClN2O5S. The van der Waals surface area contributed by atoms with Gasteiger partial charge >= 0.3 is 0 Å². The molecule has 7 nitrogen and oxygen atoms in total. The Labute approximate surface area is 140 Å². The van der Waals surface area contributed by atoms with E-state index >= 15 is 0 Å². The number of aromatic hydroxyl groups is 1. The van der Waals surface area contributed by atoms with E-state index in [0.717, 1.165) is 4.31 Å². The second kappa shape index (κ2) is 7.04. The third-order valence-electron chi connectivity index (χ3n) is 3.70. The van der Waals surface area contributed by atoms with Gasteiger partial charge < -0.3 is 15.2 Å². The van der Waals surface area contributed by atoms with E-state index in [0.29, 0.717) is 5.02 Å². The Bertz CT molecular complexity index is 692. The molecule has 1 fully saturated rings. The number of ether oxygens (including phenoxy) is 1. The van der Waals surface area contributed by atoms with E-state index in [1.165, 1.54) is 32.3 Å². The predicted molar refractivity (Wildman–Crippen MR) is 86.2 cm³/mol. The van der Waals surface area contributed by atoms with Crippen molar-refractivity contribution in [3.63, 3.8) is 0 Å². The summed E-state index contributed by atoms with van der Waals surface area (Å²) in [7, 11) is -0.476. The van der Waals surface area contributed by atoms with Gasteiger partial charge in [0.15, 0.2) is 0 Å². The quantitative estimate of drug-likeness (QED) is 0.803. The lowest BCUT2D eigenvalue weighted by atomic mass is 10.1. The maximum absolute atomic E-state index is 12.3. The molecule has 1 aliphatic rings. The second-order valence-electron chi connectivity index (χ2n) is 5.60. The molecule has 0 saturated carbocycles. The number of carbonyl (C=O) groups is 1. The van der Waals surface area contributed by atoms with E-state index in [4.69, 9.17) is 16.3 Å². The number of nitrogens with one attached hydrogen (secondary N) is 1. The maximum atomic E-state index is 12.3. The molecule has 0 spiro atoms. The number of phenolic OH excluding ortho intramolecular Hbond substituents is 1. The van der Waals surface area contributed by atoms with Crippen LogP contribution in [-0.4, -0.2) is 62.8 Å². The van der Waals surface area contributed by atoms with Gasteiger partial charge in [-0.3, -0.25) is 4.79 Å². The third kappa shape index (κ3) is 4.35. The Balaban J connectivity index is 2.09. The number of hydrogen-bond acceptors (Lipinski definition) is 5. The van der Waals surface area contributed by atoms with Gasteiger partial charge in [0.2, 0.25) is 10.0 Å². The van der Waals surface area contributed by atoms with E-state index < -0.39 is 22.0 Å². The normalized spacial score (nSPS) is 21.6. The van der Waals surface area contributed by atoms with E-state index in [1.54, 1.807) is 0 Å². The zero-order chi connectivity index (χ0) is 17.2. The Morgan fingerprint density at radius 1 is 1.43 bits per heavy atom. The van der Waals surface area contributed by atoms with Gasteiger partial charge in [-0.2, -0.15) is 0 Å². The van der Waals surface area contributed by atoms with Crippen LogP contribution in [0.15, 0.2) is 18.2 Å². The van der Waals surface area contributed by atoms with E-state index in [1.807, 2.05) is 0 Å². The monoisotopic (exact) mass is 362 g/mol. The minimum absolute atomic E-state index is 0.0404. The average Bonchev–Trinajstić information content (AvgIpc) is 2.87. The average molecular weight is 363 g/mol. The Morgan fingerprint density at radius 3 is 2.78 bits per heavy atom. The number of phenols is 1. The van der Waals surface area contributed by atoms with Crippen LogP contribution in [0.5, 0.6) is 5.75 Å². The van der Waals surface area contributed by atoms with Gasteiger partial charge in [0.05, 0.1) is 30.6 Å². The molecule has 1 saturated heterocycles. The molecular weight excluding hydrogens is 344 g/mol. The van der Waals surface area contributed by atoms with Crippen LogP contribution in [0.4, 0.5) is 0 Å². The molecule has 1 aromatic rings. The molecule has 23 heavy (non-hydrogen) atoms. The number of hydrogen-bond donors (Lipinski definition) is 2. The summed E-state index contributed by atoms with van der Waals surface area (Å²) in [6.07, 6.45) is 0. The van der Waals surface area contributed by atoms with Gasteiger partial charge in [-0.25, -0.2) is 12.7 Å². The lowest BCUT2D eigenvalue weighted by Crippen LogP contribution is -2.43. The summed E-state index contributed by atoms with van der Waals surface area (Å²) in [4.78, 5) is 12.3. The molecule has 2 atom stereocenters. The van der Waals surface area contributed by atoms with Crippen LogP contribution in [0.3, 0.4) is 0 Å². The molecule has 0 aromatic heterocycles. The topological polar surface area (TPSA) is 95.9 Å².